The molecule has 1 aromatic rings. The topological polar surface area (TPSA) is 35.2 Å². The summed E-state index contributed by atoms with van der Waals surface area (Å²) in [6.45, 7) is 8.70. The Labute approximate surface area is 112 Å². The Morgan fingerprint density at radius 1 is 1.28 bits per heavy atom. The number of rotatable bonds is 6. The zero-order valence-electron chi connectivity index (χ0n) is 12.4. The number of aryl methyl sites for hydroxylation is 2. The molecule has 2 nitrogen and oxygen atoms in total. The third-order valence-corrected chi connectivity index (χ3v) is 3.62. The fraction of sp³-hybridized carbons (Fsp3) is 0.625. The van der Waals surface area contributed by atoms with E-state index in [-0.39, 0.29) is 0 Å². The molecule has 0 amide bonds. The summed E-state index contributed by atoms with van der Waals surface area (Å²) in [5, 5.41) is 0. The number of ether oxygens (including phenoxy) is 1. The van der Waals surface area contributed by atoms with Gasteiger partial charge in [0, 0.05) is 6.04 Å². The minimum Gasteiger partial charge on any atom is -0.496 e. The second kappa shape index (κ2) is 6.79. The zero-order chi connectivity index (χ0) is 13.7. The van der Waals surface area contributed by atoms with Crippen LogP contribution < -0.4 is 10.5 Å². The van der Waals surface area contributed by atoms with Crippen LogP contribution in [0.1, 0.15) is 56.2 Å². The van der Waals surface area contributed by atoms with Gasteiger partial charge in [-0.25, -0.2) is 0 Å². The molecule has 1 atom stereocenters. The highest BCUT2D eigenvalue weighted by Crippen LogP contribution is 2.30. The molecule has 2 heteroatoms. The lowest BCUT2D eigenvalue weighted by atomic mass is 9.93. The third kappa shape index (κ3) is 3.74. The maximum Gasteiger partial charge on any atom is 0.122 e. The van der Waals surface area contributed by atoms with Crippen LogP contribution in [0.4, 0.5) is 0 Å². The number of benzene rings is 1. The fourth-order valence-corrected chi connectivity index (χ4v) is 2.19. The first-order valence-corrected chi connectivity index (χ1v) is 6.92. The molecule has 0 aliphatic heterocycles. The Morgan fingerprint density at radius 2 is 1.94 bits per heavy atom. The van der Waals surface area contributed by atoms with Gasteiger partial charge in [0.15, 0.2) is 0 Å². The summed E-state index contributed by atoms with van der Waals surface area (Å²) in [5.74, 6) is 1.49. The summed E-state index contributed by atoms with van der Waals surface area (Å²) >= 11 is 0. The molecule has 1 rings (SSSR count). The molecule has 18 heavy (non-hydrogen) atoms. The highest BCUT2D eigenvalue weighted by Gasteiger charge is 2.11. The Bertz CT molecular complexity index is 385. The van der Waals surface area contributed by atoms with Crippen LogP contribution >= 0.6 is 0 Å². The van der Waals surface area contributed by atoms with E-state index in [1.165, 1.54) is 16.7 Å². The van der Waals surface area contributed by atoms with Gasteiger partial charge in [0.1, 0.15) is 5.75 Å². The number of hydrogen-bond acceptors (Lipinski definition) is 2. The van der Waals surface area contributed by atoms with Crippen LogP contribution in [-0.2, 0) is 6.42 Å². The average Bonchev–Trinajstić information content (AvgIpc) is 2.35. The van der Waals surface area contributed by atoms with Crippen LogP contribution in [0.25, 0.3) is 0 Å². The SMILES string of the molecule is CCC(N)CCc1cc(C(C)C)c(OC)cc1C. The number of nitrogens with two attached hydrogens (primary N) is 1. The predicted octanol–water partition coefficient (Wildman–Crippen LogP) is 3.80. The van der Waals surface area contributed by atoms with Crippen molar-refractivity contribution in [1.82, 2.24) is 0 Å². The Morgan fingerprint density at radius 3 is 2.44 bits per heavy atom. The molecule has 1 aromatic carbocycles. The average molecular weight is 249 g/mol. The highest BCUT2D eigenvalue weighted by molar-refractivity contribution is 5.44. The molecular weight excluding hydrogens is 222 g/mol. The molecule has 0 spiro atoms. The molecule has 102 valence electrons. The van der Waals surface area contributed by atoms with E-state index in [1.54, 1.807) is 7.11 Å². The van der Waals surface area contributed by atoms with Crippen molar-refractivity contribution < 1.29 is 4.74 Å². The van der Waals surface area contributed by atoms with Gasteiger partial charge in [0.05, 0.1) is 7.11 Å². The first-order valence-electron chi connectivity index (χ1n) is 6.92. The molecule has 0 aliphatic rings. The van der Waals surface area contributed by atoms with Crippen molar-refractivity contribution in [2.75, 3.05) is 7.11 Å². The standard InChI is InChI=1S/C16H27NO/c1-6-14(17)8-7-13-10-15(11(2)3)16(18-5)9-12(13)4/h9-11,14H,6-8,17H2,1-5H3. The van der Waals surface area contributed by atoms with E-state index in [0.29, 0.717) is 12.0 Å². The lowest BCUT2D eigenvalue weighted by molar-refractivity contribution is 0.407. The van der Waals surface area contributed by atoms with Crippen molar-refractivity contribution in [3.8, 4) is 5.75 Å². The van der Waals surface area contributed by atoms with Gasteiger partial charge in [-0.1, -0.05) is 26.8 Å². The maximum atomic E-state index is 6.00. The Hall–Kier alpha value is -1.02. The molecule has 0 bridgehead atoms. The van der Waals surface area contributed by atoms with E-state index in [2.05, 4.69) is 39.8 Å². The van der Waals surface area contributed by atoms with E-state index in [0.717, 1.165) is 25.0 Å². The van der Waals surface area contributed by atoms with E-state index >= 15 is 0 Å². The first kappa shape index (κ1) is 15.0. The summed E-state index contributed by atoms with van der Waals surface area (Å²) in [4.78, 5) is 0. The van der Waals surface area contributed by atoms with Gasteiger partial charge in [0.2, 0.25) is 0 Å². The summed E-state index contributed by atoms with van der Waals surface area (Å²) in [5.41, 5.74) is 10.0. The summed E-state index contributed by atoms with van der Waals surface area (Å²) in [7, 11) is 1.74. The first-order chi connectivity index (χ1) is 8.49. The van der Waals surface area contributed by atoms with Crippen molar-refractivity contribution >= 4 is 0 Å². The normalized spacial score (nSPS) is 12.8. The summed E-state index contributed by atoms with van der Waals surface area (Å²) in [6, 6.07) is 4.76. The predicted molar refractivity (Wildman–Crippen MR) is 78.4 cm³/mol. The molecule has 2 N–H and O–H groups in total. The smallest absolute Gasteiger partial charge is 0.122 e. The zero-order valence-corrected chi connectivity index (χ0v) is 12.4. The second-order valence-corrected chi connectivity index (χ2v) is 5.38. The highest BCUT2D eigenvalue weighted by atomic mass is 16.5. The quantitative estimate of drug-likeness (QED) is 0.832. The van der Waals surface area contributed by atoms with E-state index in [4.69, 9.17) is 10.5 Å². The lowest BCUT2D eigenvalue weighted by Crippen LogP contribution is -2.19. The van der Waals surface area contributed by atoms with Gasteiger partial charge in [-0.05, 0) is 54.9 Å². The molecular formula is C16H27NO. The molecule has 0 saturated heterocycles. The molecule has 0 radical (unpaired) electrons. The van der Waals surface area contributed by atoms with Crippen molar-refractivity contribution in [3.05, 3.63) is 28.8 Å². The van der Waals surface area contributed by atoms with Gasteiger partial charge in [-0.2, -0.15) is 0 Å². The van der Waals surface area contributed by atoms with E-state index < -0.39 is 0 Å². The van der Waals surface area contributed by atoms with Crippen molar-refractivity contribution in [2.45, 2.75) is 58.9 Å². The monoisotopic (exact) mass is 249 g/mol. The Balaban J connectivity index is 2.95. The second-order valence-electron chi connectivity index (χ2n) is 5.38. The van der Waals surface area contributed by atoms with Crippen LogP contribution in [0.3, 0.4) is 0 Å². The van der Waals surface area contributed by atoms with Crippen molar-refractivity contribution in [2.24, 2.45) is 5.73 Å². The number of hydrogen-bond donors (Lipinski definition) is 1. The van der Waals surface area contributed by atoms with Gasteiger partial charge < -0.3 is 10.5 Å². The van der Waals surface area contributed by atoms with Gasteiger partial charge >= 0.3 is 0 Å². The summed E-state index contributed by atoms with van der Waals surface area (Å²) in [6.07, 6.45) is 3.16. The van der Waals surface area contributed by atoms with Gasteiger partial charge in [0.25, 0.3) is 0 Å². The molecule has 0 saturated carbocycles. The van der Waals surface area contributed by atoms with Crippen LogP contribution in [0.2, 0.25) is 0 Å². The van der Waals surface area contributed by atoms with Crippen LogP contribution in [-0.4, -0.2) is 13.2 Å². The molecule has 0 aromatic heterocycles. The molecule has 0 heterocycles. The third-order valence-electron chi connectivity index (χ3n) is 3.62. The molecule has 0 fully saturated rings. The molecule has 0 aliphatic carbocycles. The summed E-state index contributed by atoms with van der Waals surface area (Å²) < 4.78 is 5.46. The van der Waals surface area contributed by atoms with Gasteiger partial charge in [-0.15, -0.1) is 0 Å². The van der Waals surface area contributed by atoms with Gasteiger partial charge in [-0.3, -0.25) is 0 Å². The van der Waals surface area contributed by atoms with Crippen LogP contribution in [0, 0.1) is 6.92 Å². The van der Waals surface area contributed by atoms with E-state index in [1.807, 2.05) is 0 Å². The minimum absolute atomic E-state index is 0.314. The van der Waals surface area contributed by atoms with Crippen molar-refractivity contribution in [3.63, 3.8) is 0 Å². The Kier molecular flexibility index (Phi) is 5.67. The van der Waals surface area contributed by atoms with Crippen LogP contribution in [0.15, 0.2) is 12.1 Å². The molecule has 1 unspecified atom stereocenters. The van der Waals surface area contributed by atoms with Crippen LogP contribution in [0.5, 0.6) is 5.75 Å². The van der Waals surface area contributed by atoms with E-state index in [9.17, 15) is 0 Å². The fourth-order valence-electron chi connectivity index (χ4n) is 2.19. The largest absolute Gasteiger partial charge is 0.496 e. The maximum absolute atomic E-state index is 6.00. The number of methoxy groups -OCH3 is 1. The lowest BCUT2D eigenvalue weighted by Gasteiger charge is -2.17. The minimum atomic E-state index is 0.314. The van der Waals surface area contributed by atoms with Crippen molar-refractivity contribution in [1.29, 1.82) is 0 Å².